The fraction of sp³-hybridized carbons (Fsp3) is 0.667. The Hall–Kier alpha value is -1.57. The Balaban J connectivity index is 2.11. The normalized spacial score (nSPS) is 22.1. The van der Waals surface area contributed by atoms with Gasteiger partial charge in [-0.2, -0.15) is 16.9 Å². The highest BCUT2D eigenvalue weighted by Gasteiger charge is 2.42. The van der Waals surface area contributed by atoms with Gasteiger partial charge in [0.05, 0.1) is 0 Å². The highest BCUT2D eigenvalue weighted by atomic mass is 32.2. The Labute approximate surface area is 120 Å². The van der Waals surface area contributed by atoms with Crippen molar-refractivity contribution in [3.8, 4) is 0 Å². The van der Waals surface area contributed by atoms with E-state index in [2.05, 4.69) is 10.4 Å². The van der Waals surface area contributed by atoms with Crippen molar-refractivity contribution < 1.29 is 19.5 Å². The van der Waals surface area contributed by atoms with E-state index in [1.54, 1.807) is 11.8 Å². The SMILES string of the molecule is CN1N=C(C(=O)NC2(C(=O)O)CCSCC2)CCC1=O. The lowest BCUT2D eigenvalue weighted by Crippen LogP contribution is -2.58. The quantitative estimate of drug-likeness (QED) is 0.768. The summed E-state index contributed by atoms with van der Waals surface area (Å²) < 4.78 is 0. The van der Waals surface area contributed by atoms with Gasteiger partial charge in [0, 0.05) is 19.9 Å². The van der Waals surface area contributed by atoms with Crippen LogP contribution in [-0.2, 0) is 14.4 Å². The molecule has 1 saturated heterocycles. The Morgan fingerprint density at radius 3 is 2.55 bits per heavy atom. The van der Waals surface area contributed by atoms with E-state index in [0.717, 1.165) is 5.01 Å². The molecule has 0 atom stereocenters. The Morgan fingerprint density at radius 2 is 2.00 bits per heavy atom. The number of hydrazone groups is 1. The molecule has 8 heteroatoms. The number of rotatable bonds is 3. The predicted octanol–water partition coefficient (Wildman–Crippen LogP) is 0.0612. The molecule has 2 aliphatic rings. The van der Waals surface area contributed by atoms with Gasteiger partial charge >= 0.3 is 5.97 Å². The van der Waals surface area contributed by atoms with Gasteiger partial charge in [0.1, 0.15) is 11.3 Å². The second-order valence-corrected chi connectivity index (χ2v) is 6.14. The van der Waals surface area contributed by atoms with Crippen LogP contribution in [0.5, 0.6) is 0 Å². The van der Waals surface area contributed by atoms with Gasteiger partial charge in [-0.1, -0.05) is 0 Å². The summed E-state index contributed by atoms with van der Waals surface area (Å²) >= 11 is 1.68. The number of carbonyl (C=O) groups excluding carboxylic acids is 2. The van der Waals surface area contributed by atoms with E-state index in [9.17, 15) is 19.5 Å². The molecule has 110 valence electrons. The molecule has 7 nitrogen and oxygen atoms in total. The topological polar surface area (TPSA) is 99.1 Å². The van der Waals surface area contributed by atoms with E-state index in [0.29, 0.717) is 24.3 Å². The monoisotopic (exact) mass is 299 g/mol. The minimum absolute atomic E-state index is 0.149. The highest BCUT2D eigenvalue weighted by Crippen LogP contribution is 2.27. The first-order valence-corrected chi connectivity index (χ1v) is 7.58. The number of carbonyl (C=O) groups is 3. The molecule has 0 bridgehead atoms. The van der Waals surface area contributed by atoms with E-state index >= 15 is 0 Å². The maximum atomic E-state index is 12.2. The molecule has 0 saturated carbocycles. The van der Waals surface area contributed by atoms with Gasteiger partial charge in [-0.05, 0) is 24.3 Å². The third kappa shape index (κ3) is 2.95. The lowest BCUT2D eigenvalue weighted by molar-refractivity contribution is -0.147. The Kier molecular flexibility index (Phi) is 4.32. The zero-order valence-corrected chi connectivity index (χ0v) is 12.0. The molecule has 0 aromatic rings. The molecular formula is C12H17N3O4S. The molecule has 2 aliphatic heterocycles. The molecule has 2 amide bonds. The molecule has 0 aromatic heterocycles. The second kappa shape index (κ2) is 5.82. The van der Waals surface area contributed by atoms with Crippen molar-refractivity contribution in [3.05, 3.63) is 0 Å². The molecule has 2 rings (SSSR count). The van der Waals surface area contributed by atoms with E-state index < -0.39 is 17.4 Å². The molecule has 20 heavy (non-hydrogen) atoms. The molecule has 0 radical (unpaired) electrons. The first kappa shape index (κ1) is 14.8. The number of hydrogen-bond donors (Lipinski definition) is 2. The first-order chi connectivity index (χ1) is 9.44. The van der Waals surface area contributed by atoms with Crippen molar-refractivity contribution in [2.45, 2.75) is 31.2 Å². The molecule has 2 N–H and O–H groups in total. The molecule has 0 aromatic carbocycles. The molecule has 2 heterocycles. The fourth-order valence-electron chi connectivity index (χ4n) is 2.23. The highest BCUT2D eigenvalue weighted by molar-refractivity contribution is 7.99. The first-order valence-electron chi connectivity index (χ1n) is 6.42. The van der Waals surface area contributed by atoms with Crippen LogP contribution in [0.2, 0.25) is 0 Å². The van der Waals surface area contributed by atoms with Gasteiger partial charge in [-0.15, -0.1) is 0 Å². The van der Waals surface area contributed by atoms with Crippen LogP contribution in [0, 0.1) is 0 Å². The summed E-state index contributed by atoms with van der Waals surface area (Å²) in [5, 5.41) is 17.1. The number of carboxylic acid groups (broad SMARTS) is 1. The zero-order chi connectivity index (χ0) is 14.8. The number of thioether (sulfide) groups is 1. The van der Waals surface area contributed by atoms with Crippen LogP contribution in [0.3, 0.4) is 0 Å². The summed E-state index contributed by atoms with van der Waals surface area (Å²) in [5.74, 6) is -0.233. The van der Waals surface area contributed by atoms with Gasteiger partial charge in [0.15, 0.2) is 0 Å². The van der Waals surface area contributed by atoms with Crippen molar-refractivity contribution in [1.29, 1.82) is 0 Å². The summed E-state index contributed by atoms with van der Waals surface area (Å²) in [7, 11) is 1.49. The third-order valence-electron chi connectivity index (χ3n) is 3.58. The Bertz CT molecular complexity index is 471. The van der Waals surface area contributed by atoms with Gasteiger partial charge in [-0.25, -0.2) is 9.80 Å². The summed E-state index contributed by atoms with van der Waals surface area (Å²) in [5.41, 5.74) is -0.990. The zero-order valence-electron chi connectivity index (χ0n) is 11.2. The van der Waals surface area contributed by atoms with Crippen molar-refractivity contribution in [1.82, 2.24) is 10.3 Å². The molecule has 1 fully saturated rings. The van der Waals surface area contributed by atoms with Crippen molar-refractivity contribution >= 4 is 35.3 Å². The van der Waals surface area contributed by atoms with Crippen molar-refractivity contribution in [2.24, 2.45) is 5.10 Å². The van der Waals surface area contributed by atoms with E-state index in [1.807, 2.05) is 0 Å². The van der Waals surface area contributed by atoms with E-state index in [4.69, 9.17) is 0 Å². The number of nitrogens with one attached hydrogen (secondary N) is 1. The largest absolute Gasteiger partial charge is 0.480 e. The molecule has 0 aliphatic carbocycles. The average Bonchev–Trinajstić information content (AvgIpc) is 2.42. The third-order valence-corrected chi connectivity index (χ3v) is 4.56. The van der Waals surface area contributed by atoms with Crippen LogP contribution in [0.1, 0.15) is 25.7 Å². The predicted molar refractivity (Wildman–Crippen MR) is 74.5 cm³/mol. The molecule has 0 unspecified atom stereocenters. The van der Waals surface area contributed by atoms with Gasteiger partial charge in [0.25, 0.3) is 5.91 Å². The van der Waals surface area contributed by atoms with Crippen LogP contribution in [0.4, 0.5) is 0 Å². The number of amides is 2. The molecule has 0 spiro atoms. The maximum absolute atomic E-state index is 12.2. The van der Waals surface area contributed by atoms with Crippen LogP contribution >= 0.6 is 11.8 Å². The average molecular weight is 299 g/mol. The van der Waals surface area contributed by atoms with Crippen LogP contribution in [-0.4, -0.2) is 57.7 Å². The van der Waals surface area contributed by atoms with E-state index in [-0.39, 0.29) is 24.5 Å². The second-order valence-electron chi connectivity index (χ2n) is 4.92. The standard InChI is InChI=1S/C12H17N3O4S/c1-15-9(16)3-2-8(14-15)10(17)13-12(11(18)19)4-6-20-7-5-12/h2-7H2,1H3,(H,13,17)(H,18,19). The summed E-state index contributed by atoms with van der Waals surface area (Å²) in [6, 6.07) is 0. The van der Waals surface area contributed by atoms with Crippen LogP contribution in [0.25, 0.3) is 0 Å². The maximum Gasteiger partial charge on any atom is 0.329 e. The van der Waals surface area contributed by atoms with Crippen molar-refractivity contribution in [2.75, 3.05) is 18.6 Å². The Morgan fingerprint density at radius 1 is 1.35 bits per heavy atom. The number of carboxylic acids is 1. The van der Waals surface area contributed by atoms with Crippen LogP contribution < -0.4 is 5.32 Å². The lowest BCUT2D eigenvalue weighted by Gasteiger charge is -2.34. The minimum atomic E-state index is -1.20. The summed E-state index contributed by atoms with van der Waals surface area (Å²) in [4.78, 5) is 35.0. The van der Waals surface area contributed by atoms with Gasteiger partial charge in [0.2, 0.25) is 5.91 Å². The smallest absolute Gasteiger partial charge is 0.329 e. The van der Waals surface area contributed by atoms with Crippen LogP contribution in [0.15, 0.2) is 5.10 Å². The van der Waals surface area contributed by atoms with Crippen molar-refractivity contribution in [3.63, 3.8) is 0 Å². The number of hydrogen-bond acceptors (Lipinski definition) is 5. The number of aliphatic carboxylic acids is 1. The number of nitrogens with zero attached hydrogens (tertiary/aromatic N) is 2. The summed E-state index contributed by atoms with van der Waals surface area (Å²) in [6.45, 7) is 0. The molecular weight excluding hydrogens is 282 g/mol. The lowest BCUT2D eigenvalue weighted by atomic mass is 9.91. The minimum Gasteiger partial charge on any atom is -0.480 e. The van der Waals surface area contributed by atoms with E-state index in [1.165, 1.54) is 7.05 Å². The van der Waals surface area contributed by atoms with Gasteiger partial charge < -0.3 is 10.4 Å². The van der Waals surface area contributed by atoms with Gasteiger partial charge in [-0.3, -0.25) is 9.59 Å². The fourth-order valence-corrected chi connectivity index (χ4v) is 3.42. The summed E-state index contributed by atoms with van der Waals surface area (Å²) in [6.07, 6.45) is 1.28.